The summed E-state index contributed by atoms with van der Waals surface area (Å²) in [4.78, 5) is 11.5. The first-order valence-corrected chi connectivity index (χ1v) is 11.2. The van der Waals surface area contributed by atoms with Crippen molar-refractivity contribution >= 4 is 17.7 Å². The molecule has 2 aliphatic heterocycles. The fourth-order valence-electron chi connectivity index (χ4n) is 3.12. The Hall–Kier alpha value is -0.880. The molecule has 2 heterocycles. The summed E-state index contributed by atoms with van der Waals surface area (Å²) >= 11 is 1.36. The van der Waals surface area contributed by atoms with Gasteiger partial charge < -0.3 is 60.0 Å². The zero-order valence-electron chi connectivity index (χ0n) is 17.3. The molecule has 2 aliphatic rings. The zero-order valence-corrected chi connectivity index (χ0v) is 18.2. The van der Waals surface area contributed by atoms with Crippen LogP contribution in [0.2, 0.25) is 0 Å². The number of nitrogens with one attached hydrogen (secondary N) is 1. The maximum atomic E-state index is 11.5. The van der Waals surface area contributed by atoms with Gasteiger partial charge in [0.15, 0.2) is 12.6 Å². The molecule has 0 unspecified atom stereocenters. The van der Waals surface area contributed by atoms with E-state index in [4.69, 9.17) is 18.9 Å². The van der Waals surface area contributed by atoms with E-state index in [-0.39, 0.29) is 19.1 Å². The van der Waals surface area contributed by atoms with Gasteiger partial charge in [0.25, 0.3) is 0 Å². The van der Waals surface area contributed by atoms with Crippen LogP contribution in [0.5, 0.6) is 0 Å². The maximum absolute atomic E-state index is 11.5. The molecule has 0 aromatic heterocycles. The summed E-state index contributed by atoms with van der Waals surface area (Å²) in [6.07, 6.45) is -11.7. The molecule has 8 N–H and O–H groups in total. The van der Waals surface area contributed by atoms with Crippen molar-refractivity contribution in [3.63, 3.8) is 0 Å². The Morgan fingerprint density at radius 3 is 2.06 bits per heavy atom. The van der Waals surface area contributed by atoms with E-state index in [0.29, 0.717) is 0 Å². The average Bonchev–Trinajstić information content (AvgIpc) is 2.79. The van der Waals surface area contributed by atoms with Crippen molar-refractivity contribution in [3.05, 3.63) is 11.5 Å². The quantitative estimate of drug-likeness (QED) is 0.109. The van der Waals surface area contributed by atoms with Gasteiger partial charge >= 0.3 is 0 Å². The van der Waals surface area contributed by atoms with Gasteiger partial charge in [0.05, 0.1) is 19.8 Å². The lowest BCUT2D eigenvalue weighted by molar-refractivity contribution is -0.330. The first kappa shape index (κ1) is 27.4. The number of amides is 1. The maximum Gasteiger partial charge on any atom is 0.244 e. The third-order valence-corrected chi connectivity index (χ3v) is 5.39. The molecule has 13 nitrogen and oxygen atoms in total. The molecule has 2 rings (SSSR count). The summed E-state index contributed by atoms with van der Waals surface area (Å²) in [6, 6.07) is 0. The summed E-state index contributed by atoms with van der Waals surface area (Å²) in [7, 11) is 0. The Kier molecular flexibility index (Phi) is 11.2. The lowest BCUT2D eigenvalue weighted by atomic mass is 9.98. The van der Waals surface area contributed by atoms with Gasteiger partial charge in [-0.15, -0.1) is 11.8 Å². The van der Waals surface area contributed by atoms with Crippen molar-refractivity contribution in [2.24, 2.45) is 0 Å². The van der Waals surface area contributed by atoms with E-state index in [2.05, 4.69) is 5.32 Å². The number of hydrogen-bond donors (Lipinski definition) is 8. The second kappa shape index (κ2) is 13.1. The van der Waals surface area contributed by atoms with E-state index < -0.39 is 74.6 Å². The van der Waals surface area contributed by atoms with Crippen LogP contribution >= 0.6 is 11.8 Å². The number of ether oxygens (including phenoxy) is 4. The number of hydrogen-bond acceptors (Lipinski definition) is 13. The summed E-state index contributed by atoms with van der Waals surface area (Å²) in [5, 5.41) is 73.3. The van der Waals surface area contributed by atoms with Crippen LogP contribution in [-0.4, -0.2) is 136 Å². The molecule has 0 bridgehead atoms. The van der Waals surface area contributed by atoms with Crippen LogP contribution in [0.3, 0.4) is 0 Å². The standard InChI is InChI=1S/C18H31NO12S/c1-32-5-2-10(21)19-3-4-28-17-15(26)14(25)12(23)9(31-17)7-29-18-16(27)13(24)11(22)8(6-20)30-18/h2,5,8-9,11-18,20,22-27H,3-4,6-7H2,1H3,(H,19,21)/b5-2+/t8-,9-,11-,12-,13+,14+,15-,16-,17-,18-/m1/s1. The number of aliphatic hydroxyl groups is 7. The fraction of sp³-hybridized carbons (Fsp3) is 0.833. The third-order valence-electron chi connectivity index (χ3n) is 4.98. The van der Waals surface area contributed by atoms with Crippen LogP contribution in [0.1, 0.15) is 0 Å². The van der Waals surface area contributed by atoms with E-state index >= 15 is 0 Å². The molecule has 186 valence electrons. The number of aliphatic hydroxyl groups excluding tert-OH is 7. The van der Waals surface area contributed by atoms with Crippen molar-refractivity contribution in [3.8, 4) is 0 Å². The predicted octanol–water partition coefficient (Wildman–Crippen LogP) is -4.38. The van der Waals surface area contributed by atoms with Gasteiger partial charge in [0.2, 0.25) is 5.91 Å². The smallest absolute Gasteiger partial charge is 0.244 e. The van der Waals surface area contributed by atoms with E-state index in [9.17, 15) is 40.5 Å². The first-order valence-electron chi connectivity index (χ1n) is 9.91. The molecular weight excluding hydrogens is 454 g/mol. The van der Waals surface area contributed by atoms with E-state index in [1.54, 1.807) is 11.7 Å². The van der Waals surface area contributed by atoms with Crippen molar-refractivity contribution in [2.45, 2.75) is 61.4 Å². The van der Waals surface area contributed by atoms with Gasteiger partial charge in [-0.25, -0.2) is 0 Å². The van der Waals surface area contributed by atoms with Gasteiger partial charge in [0, 0.05) is 12.6 Å². The molecule has 0 radical (unpaired) electrons. The van der Waals surface area contributed by atoms with Crippen molar-refractivity contribution in [1.29, 1.82) is 0 Å². The molecule has 14 heteroatoms. The normalized spacial score (nSPS) is 40.5. The van der Waals surface area contributed by atoms with Gasteiger partial charge in [-0.2, -0.15) is 0 Å². The monoisotopic (exact) mass is 485 g/mol. The Morgan fingerprint density at radius 2 is 1.47 bits per heavy atom. The molecule has 10 atom stereocenters. The van der Waals surface area contributed by atoms with Crippen LogP contribution in [-0.2, 0) is 23.7 Å². The van der Waals surface area contributed by atoms with Crippen LogP contribution in [0.25, 0.3) is 0 Å². The summed E-state index contributed by atoms with van der Waals surface area (Å²) < 4.78 is 21.3. The van der Waals surface area contributed by atoms with E-state index in [1.165, 1.54) is 17.8 Å². The minimum Gasteiger partial charge on any atom is -0.394 e. The summed E-state index contributed by atoms with van der Waals surface area (Å²) in [5.41, 5.74) is 0. The minimum absolute atomic E-state index is 0.0658. The number of rotatable bonds is 10. The fourth-order valence-corrected chi connectivity index (χ4v) is 3.38. The molecule has 1 amide bonds. The van der Waals surface area contributed by atoms with Crippen LogP contribution in [0, 0.1) is 0 Å². The second-order valence-electron chi connectivity index (χ2n) is 7.25. The molecule has 2 fully saturated rings. The third kappa shape index (κ3) is 7.06. The Bertz CT molecular complexity index is 611. The number of thioether (sulfide) groups is 1. The average molecular weight is 486 g/mol. The first-order chi connectivity index (χ1) is 15.2. The lowest BCUT2D eigenvalue weighted by Crippen LogP contribution is -2.61. The summed E-state index contributed by atoms with van der Waals surface area (Å²) in [5.74, 6) is -0.339. The largest absolute Gasteiger partial charge is 0.394 e. The lowest BCUT2D eigenvalue weighted by Gasteiger charge is -2.42. The van der Waals surface area contributed by atoms with Gasteiger partial charge in [-0.1, -0.05) is 0 Å². The van der Waals surface area contributed by atoms with Crippen molar-refractivity contribution < 1.29 is 59.5 Å². The molecule has 32 heavy (non-hydrogen) atoms. The van der Waals surface area contributed by atoms with Crippen LogP contribution in [0.4, 0.5) is 0 Å². The van der Waals surface area contributed by atoms with Gasteiger partial charge in [-0.05, 0) is 11.7 Å². The number of carbonyl (C=O) groups is 1. The highest BCUT2D eigenvalue weighted by molar-refractivity contribution is 8.01. The molecule has 0 saturated carbocycles. The SMILES string of the molecule is CS/C=C/C(=O)NCCO[C@@H]1O[C@H](CO[C@@H]2O[C@H](CO)[C@@H](O)[C@H](O)[C@H]2O)[C@@H](O)[C@H](O)[C@H]1O. The molecular formula is C18H31NO12S. The highest BCUT2D eigenvalue weighted by Gasteiger charge is 2.47. The highest BCUT2D eigenvalue weighted by atomic mass is 32.2. The van der Waals surface area contributed by atoms with Gasteiger partial charge in [0.1, 0.15) is 48.8 Å². The summed E-state index contributed by atoms with van der Waals surface area (Å²) in [6.45, 7) is -1.07. The topological polar surface area (TPSA) is 208 Å². The molecule has 0 aromatic rings. The molecule has 2 saturated heterocycles. The Balaban J connectivity index is 1.87. The second-order valence-corrected chi connectivity index (χ2v) is 7.99. The van der Waals surface area contributed by atoms with Crippen LogP contribution in [0.15, 0.2) is 11.5 Å². The van der Waals surface area contributed by atoms with Crippen LogP contribution < -0.4 is 5.32 Å². The van der Waals surface area contributed by atoms with Crippen molar-refractivity contribution in [2.75, 3.05) is 32.6 Å². The number of carbonyl (C=O) groups excluding carboxylic acids is 1. The zero-order chi connectivity index (χ0) is 23.8. The molecule has 0 aromatic carbocycles. The minimum atomic E-state index is -1.65. The Labute approximate surface area is 188 Å². The predicted molar refractivity (Wildman–Crippen MR) is 108 cm³/mol. The van der Waals surface area contributed by atoms with E-state index in [0.717, 1.165) is 0 Å². The van der Waals surface area contributed by atoms with E-state index in [1.807, 2.05) is 0 Å². The Morgan fingerprint density at radius 1 is 0.906 bits per heavy atom. The molecule has 0 spiro atoms. The van der Waals surface area contributed by atoms with Gasteiger partial charge in [-0.3, -0.25) is 4.79 Å². The molecule has 0 aliphatic carbocycles. The van der Waals surface area contributed by atoms with Crippen molar-refractivity contribution in [1.82, 2.24) is 5.32 Å². The highest BCUT2D eigenvalue weighted by Crippen LogP contribution is 2.25.